The van der Waals surface area contributed by atoms with Gasteiger partial charge in [-0.15, -0.1) is 0 Å². The summed E-state index contributed by atoms with van der Waals surface area (Å²) in [6.45, 7) is 5.68. The summed E-state index contributed by atoms with van der Waals surface area (Å²) < 4.78 is 5.17. The van der Waals surface area contributed by atoms with Gasteiger partial charge in [0.25, 0.3) is 0 Å². The Morgan fingerprint density at radius 3 is 3.10 bits per heavy atom. The van der Waals surface area contributed by atoms with Crippen LogP contribution in [0.3, 0.4) is 0 Å². The molecule has 0 aliphatic carbocycles. The lowest BCUT2D eigenvalue weighted by Gasteiger charge is -2.19. The molecule has 6 nitrogen and oxygen atoms in total. The number of hydrogen-bond acceptors (Lipinski definition) is 5. The molecule has 0 unspecified atom stereocenters. The van der Waals surface area contributed by atoms with E-state index in [4.69, 9.17) is 4.52 Å². The molecule has 1 N–H and O–H groups in total. The standard InChI is InChI=1S/C14H24N4O2/c1-2-5-12-16-13(20-17-12)6-3-7-14(19)18-10-4-8-15-9-11-18/h15H,2-11H2,1H3. The van der Waals surface area contributed by atoms with E-state index < -0.39 is 0 Å². The molecular formula is C14H24N4O2. The van der Waals surface area contributed by atoms with Crippen LogP contribution in [0.1, 0.15) is 44.3 Å². The largest absolute Gasteiger partial charge is 0.341 e. The van der Waals surface area contributed by atoms with Gasteiger partial charge < -0.3 is 14.7 Å². The van der Waals surface area contributed by atoms with E-state index in [-0.39, 0.29) is 5.91 Å². The van der Waals surface area contributed by atoms with E-state index in [1.54, 1.807) is 0 Å². The minimum Gasteiger partial charge on any atom is -0.341 e. The van der Waals surface area contributed by atoms with Crippen LogP contribution in [0.25, 0.3) is 0 Å². The first kappa shape index (κ1) is 15.0. The van der Waals surface area contributed by atoms with Crippen LogP contribution < -0.4 is 5.32 Å². The van der Waals surface area contributed by atoms with Crippen LogP contribution >= 0.6 is 0 Å². The smallest absolute Gasteiger partial charge is 0.226 e. The van der Waals surface area contributed by atoms with E-state index in [1.165, 1.54) is 0 Å². The maximum absolute atomic E-state index is 12.1. The molecule has 1 aromatic rings. The van der Waals surface area contributed by atoms with Crippen LogP contribution in [0.15, 0.2) is 4.52 Å². The van der Waals surface area contributed by atoms with Gasteiger partial charge in [0.05, 0.1) is 0 Å². The van der Waals surface area contributed by atoms with Gasteiger partial charge in [-0.2, -0.15) is 4.98 Å². The van der Waals surface area contributed by atoms with Crippen molar-refractivity contribution >= 4 is 5.91 Å². The highest BCUT2D eigenvalue weighted by Crippen LogP contribution is 2.07. The van der Waals surface area contributed by atoms with E-state index in [1.807, 2.05) is 4.90 Å². The molecule has 1 aliphatic heterocycles. The van der Waals surface area contributed by atoms with Crippen molar-refractivity contribution in [2.45, 2.75) is 45.4 Å². The number of rotatable bonds is 6. The Bertz CT molecular complexity index is 411. The maximum Gasteiger partial charge on any atom is 0.226 e. The summed E-state index contributed by atoms with van der Waals surface area (Å²) in [5.74, 6) is 1.66. The number of aromatic nitrogens is 2. The van der Waals surface area contributed by atoms with Crippen LogP contribution in [0.2, 0.25) is 0 Å². The third-order valence-corrected chi connectivity index (χ3v) is 3.46. The number of nitrogens with one attached hydrogen (secondary N) is 1. The molecule has 0 bridgehead atoms. The monoisotopic (exact) mass is 280 g/mol. The normalized spacial score (nSPS) is 16.1. The van der Waals surface area contributed by atoms with Crippen molar-refractivity contribution in [3.05, 3.63) is 11.7 Å². The highest BCUT2D eigenvalue weighted by molar-refractivity contribution is 5.76. The summed E-state index contributed by atoms with van der Waals surface area (Å²) in [6, 6.07) is 0. The molecule has 0 spiro atoms. The number of nitrogens with zero attached hydrogens (tertiary/aromatic N) is 3. The van der Waals surface area contributed by atoms with Crippen molar-refractivity contribution < 1.29 is 9.32 Å². The van der Waals surface area contributed by atoms with E-state index in [9.17, 15) is 4.79 Å². The first-order valence-electron chi connectivity index (χ1n) is 7.59. The van der Waals surface area contributed by atoms with Gasteiger partial charge in [-0.1, -0.05) is 12.1 Å². The van der Waals surface area contributed by atoms with Crippen molar-refractivity contribution in [2.75, 3.05) is 26.2 Å². The third-order valence-electron chi connectivity index (χ3n) is 3.46. The number of aryl methyl sites for hydroxylation is 2. The second-order valence-electron chi connectivity index (χ2n) is 5.19. The molecule has 0 aromatic carbocycles. The fourth-order valence-electron chi connectivity index (χ4n) is 2.36. The molecule has 2 rings (SSSR count). The fourth-order valence-corrected chi connectivity index (χ4v) is 2.36. The number of hydrogen-bond donors (Lipinski definition) is 1. The first-order valence-corrected chi connectivity index (χ1v) is 7.59. The summed E-state index contributed by atoms with van der Waals surface area (Å²) in [6.07, 6.45) is 4.93. The quantitative estimate of drug-likeness (QED) is 0.847. The van der Waals surface area contributed by atoms with Crippen LogP contribution in [-0.2, 0) is 17.6 Å². The van der Waals surface area contributed by atoms with Crippen LogP contribution in [0, 0.1) is 0 Å². The molecular weight excluding hydrogens is 256 g/mol. The summed E-state index contributed by atoms with van der Waals surface area (Å²) in [5.41, 5.74) is 0. The zero-order valence-corrected chi connectivity index (χ0v) is 12.2. The summed E-state index contributed by atoms with van der Waals surface area (Å²) in [7, 11) is 0. The van der Waals surface area contributed by atoms with Crippen molar-refractivity contribution in [3.63, 3.8) is 0 Å². The SMILES string of the molecule is CCCc1noc(CCCC(=O)N2CCCNCC2)n1. The summed E-state index contributed by atoms with van der Waals surface area (Å²) in [4.78, 5) is 18.3. The second-order valence-corrected chi connectivity index (χ2v) is 5.19. The Kier molecular flexibility index (Phi) is 5.98. The Morgan fingerprint density at radius 1 is 1.35 bits per heavy atom. The molecule has 2 heterocycles. The molecule has 20 heavy (non-hydrogen) atoms. The van der Waals surface area contributed by atoms with Gasteiger partial charge in [0.2, 0.25) is 11.8 Å². The van der Waals surface area contributed by atoms with Gasteiger partial charge in [0.1, 0.15) is 0 Å². The Balaban J connectivity index is 1.69. The predicted molar refractivity (Wildman–Crippen MR) is 75.3 cm³/mol. The van der Waals surface area contributed by atoms with Gasteiger partial charge in [0, 0.05) is 38.9 Å². The molecule has 1 fully saturated rings. The third kappa shape index (κ3) is 4.59. The fraction of sp³-hybridized carbons (Fsp3) is 0.786. The van der Waals surface area contributed by atoms with Crippen molar-refractivity contribution in [1.29, 1.82) is 0 Å². The molecule has 1 amide bonds. The lowest BCUT2D eigenvalue weighted by molar-refractivity contribution is -0.131. The molecule has 1 aliphatic rings. The summed E-state index contributed by atoms with van der Waals surface area (Å²) in [5, 5.41) is 7.22. The van der Waals surface area contributed by atoms with Crippen LogP contribution in [-0.4, -0.2) is 47.1 Å². The Morgan fingerprint density at radius 2 is 2.25 bits per heavy atom. The Hall–Kier alpha value is -1.43. The molecule has 1 saturated heterocycles. The molecule has 0 saturated carbocycles. The van der Waals surface area contributed by atoms with Crippen molar-refractivity contribution in [1.82, 2.24) is 20.4 Å². The average Bonchev–Trinajstić information content (AvgIpc) is 2.73. The maximum atomic E-state index is 12.1. The topological polar surface area (TPSA) is 71.3 Å². The second kappa shape index (κ2) is 7.99. The van der Waals surface area contributed by atoms with Crippen LogP contribution in [0.5, 0.6) is 0 Å². The van der Waals surface area contributed by atoms with E-state index in [0.29, 0.717) is 18.7 Å². The van der Waals surface area contributed by atoms with Gasteiger partial charge in [-0.05, 0) is 25.8 Å². The van der Waals surface area contributed by atoms with Crippen molar-refractivity contribution in [3.8, 4) is 0 Å². The highest BCUT2D eigenvalue weighted by Gasteiger charge is 2.15. The molecule has 6 heteroatoms. The van der Waals surface area contributed by atoms with Crippen LogP contribution in [0.4, 0.5) is 0 Å². The van der Waals surface area contributed by atoms with Gasteiger partial charge in [0.15, 0.2) is 5.82 Å². The molecule has 112 valence electrons. The van der Waals surface area contributed by atoms with Gasteiger partial charge in [-0.3, -0.25) is 4.79 Å². The number of carbonyl (C=O) groups excluding carboxylic acids is 1. The van der Waals surface area contributed by atoms with Gasteiger partial charge in [-0.25, -0.2) is 0 Å². The molecule has 0 atom stereocenters. The first-order chi connectivity index (χ1) is 9.79. The number of amides is 1. The molecule has 0 radical (unpaired) electrons. The lowest BCUT2D eigenvalue weighted by atomic mass is 10.2. The van der Waals surface area contributed by atoms with Gasteiger partial charge >= 0.3 is 0 Å². The number of carbonyl (C=O) groups is 1. The predicted octanol–water partition coefficient (Wildman–Crippen LogP) is 1.17. The highest BCUT2D eigenvalue weighted by atomic mass is 16.5. The van der Waals surface area contributed by atoms with E-state index >= 15 is 0 Å². The van der Waals surface area contributed by atoms with E-state index in [2.05, 4.69) is 22.4 Å². The summed E-state index contributed by atoms with van der Waals surface area (Å²) >= 11 is 0. The Labute approximate surface area is 119 Å². The minimum atomic E-state index is 0.238. The lowest BCUT2D eigenvalue weighted by Crippen LogP contribution is -2.34. The molecule has 1 aromatic heterocycles. The minimum absolute atomic E-state index is 0.238. The average molecular weight is 280 g/mol. The van der Waals surface area contributed by atoms with Crippen molar-refractivity contribution in [2.24, 2.45) is 0 Å². The van der Waals surface area contributed by atoms with E-state index in [0.717, 1.165) is 57.7 Å². The zero-order valence-electron chi connectivity index (χ0n) is 12.2. The zero-order chi connectivity index (χ0) is 14.2.